The zero-order valence-corrected chi connectivity index (χ0v) is 11.6. The minimum absolute atomic E-state index is 0.0508. The van der Waals surface area contributed by atoms with Crippen LogP contribution in [0.4, 0.5) is 5.69 Å². The van der Waals surface area contributed by atoms with Crippen LogP contribution in [0.5, 0.6) is 0 Å². The largest absolute Gasteiger partial charge is 0.426 e. The topological polar surface area (TPSA) is 95.3 Å². The van der Waals surface area contributed by atoms with E-state index in [-0.39, 0.29) is 22.3 Å². The first kappa shape index (κ1) is 14.0. The van der Waals surface area contributed by atoms with Gasteiger partial charge in [0, 0.05) is 17.2 Å². The van der Waals surface area contributed by atoms with Crippen molar-refractivity contribution in [2.75, 3.05) is 0 Å². The van der Waals surface area contributed by atoms with E-state index in [1.165, 1.54) is 36.4 Å². The first-order chi connectivity index (χ1) is 10.5. The highest BCUT2D eigenvalue weighted by atomic mass is 35.5. The summed E-state index contributed by atoms with van der Waals surface area (Å²) in [6, 6.07) is 9.43. The predicted octanol–water partition coefficient (Wildman–Crippen LogP) is 2.51. The van der Waals surface area contributed by atoms with Gasteiger partial charge in [-0.05, 0) is 24.3 Å². The second-order valence-electron chi connectivity index (χ2n) is 4.43. The van der Waals surface area contributed by atoms with Crippen molar-refractivity contribution in [2.24, 2.45) is 0 Å². The van der Waals surface area contributed by atoms with E-state index >= 15 is 0 Å². The molecule has 0 bridgehead atoms. The van der Waals surface area contributed by atoms with Crippen LogP contribution in [0, 0.1) is 10.1 Å². The monoisotopic (exact) mass is 318 g/mol. The van der Waals surface area contributed by atoms with Crippen LogP contribution in [0.25, 0.3) is 16.7 Å². The molecular formula is C14H7ClN2O5. The van der Waals surface area contributed by atoms with Crippen LogP contribution in [0.15, 0.2) is 56.5 Å². The molecule has 8 heteroatoms. The predicted molar refractivity (Wildman–Crippen MR) is 79.7 cm³/mol. The Morgan fingerprint density at radius 2 is 1.91 bits per heavy atom. The van der Waals surface area contributed by atoms with E-state index in [4.69, 9.17) is 16.0 Å². The Morgan fingerprint density at radius 3 is 2.64 bits per heavy atom. The van der Waals surface area contributed by atoms with Crippen molar-refractivity contribution in [1.82, 2.24) is 4.57 Å². The molecule has 0 amide bonds. The minimum atomic E-state index is -0.930. The molecular weight excluding hydrogens is 312 g/mol. The van der Waals surface area contributed by atoms with Gasteiger partial charge in [0.1, 0.15) is 5.58 Å². The molecule has 0 saturated carbocycles. The molecule has 0 saturated heterocycles. The number of halogens is 1. The van der Waals surface area contributed by atoms with Crippen molar-refractivity contribution < 1.29 is 9.34 Å². The van der Waals surface area contributed by atoms with Gasteiger partial charge in [-0.15, -0.1) is 0 Å². The van der Waals surface area contributed by atoms with Crippen molar-refractivity contribution in [2.45, 2.75) is 0 Å². The molecule has 3 aromatic rings. The zero-order valence-electron chi connectivity index (χ0n) is 10.9. The van der Waals surface area contributed by atoms with Gasteiger partial charge in [0.05, 0.1) is 16.0 Å². The number of hydrogen-bond donors (Lipinski definition) is 0. The van der Waals surface area contributed by atoms with Gasteiger partial charge in [-0.1, -0.05) is 17.7 Å². The number of non-ortho nitro benzene ring substituents is 1. The Bertz CT molecular complexity index is 1020. The van der Waals surface area contributed by atoms with E-state index in [1.807, 2.05) is 0 Å². The lowest BCUT2D eigenvalue weighted by Gasteiger charge is -2.05. The van der Waals surface area contributed by atoms with E-state index < -0.39 is 16.2 Å². The number of benzene rings is 2. The Morgan fingerprint density at radius 1 is 1.14 bits per heavy atom. The molecule has 110 valence electrons. The summed E-state index contributed by atoms with van der Waals surface area (Å²) in [7, 11) is 0. The van der Waals surface area contributed by atoms with Crippen molar-refractivity contribution >= 4 is 28.3 Å². The van der Waals surface area contributed by atoms with Crippen molar-refractivity contribution in [1.29, 1.82) is 0 Å². The van der Waals surface area contributed by atoms with E-state index in [9.17, 15) is 19.7 Å². The smallest absolute Gasteiger partial charge is 0.409 e. The Labute approximate surface area is 127 Å². The average Bonchev–Trinajstić information content (AvgIpc) is 2.48. The van der Waals surface area contributed by atoms with Crippen LogP contribution in [0.3, 0.4) is 0 Å². The van der Waals surface area contributed by atoms with Crippen molar-refractivity contribution in [3.8, 4) is 5.69 Å². The van der Waals surface area contributed by atoms with Gasteiger partial charge in [-0.25, -0.2) is 9.36 Å². The van der Waals surface area contributed by atoms with Gasteiger partial charge >= 0.3 is 5.76 Å². The fraction of sp³-hybridized carbons (Fsp3) is 0. The fourth-order valence-corrected chi connectivity index (χ4v) is 2.24. The Balaban J connectivity index is 2.36. The second kappa shape index (κ2) is 5.12. The number of nitrogens with zero attached hydrogens (tertiary/aromatic N) is 2. The summed E-state index contributed by atoms with van der Waals surface area (Å²) in [6.45, 7) is 0. The summed E-state index contributed by atoms with van der Waals surface area (Å²) in [5.74, 6) is -0.930. The summed E-state index contributed by atoms with van der Waals surface area (Å²) < 4.78 is 5.79. The van der Waals surface area contributed by atoms with Gasteiger partial charge in [0.15, 0.2) is 0 Å². The lowest BCUT2D eigenvalue weighted by molar-refractivity contribution is -0.384. The highest BCUT2D eigenvalue weighted by molar-refractivity contribution is 6.31. The molecule has 3 rings (SSSR count). The maximum atomic E-state index is 12.5. The third-order valence-electron chi connectivity index (χ3n) is 3.05. The maximum absolute atomic E-state index is 12.5. The molecule has 0 N–H and O–H groups in total. The number of fused-ring (bicyclic) bond motifs is 1. The molecule has 0 aliphatic rings. The molecule has 0 aliphatic heterocycles. The van der Waals surface area contributed by atoms with Crippen LogP contribution in [-0.2, 0) is 0 Å². The highest BCUT2D eigenvalue weighted by Gasteiger charge is 2.14. The summed E-state index contributed by atoms with van der Waals surface area (Å²) in [5.41, 5.74) is -0.750. The van der Waals surface area contributed by atoms with Crippen LogP contribution in [0.2, 0.25) is 5.02 Å². The number of nitro groups is 1. The highest BCUT2D eigenvalue weighted by Crippen LogP contribution is 2.17. The SMILES string of the molecule is O=c1oc2ccc(Cl)cc2c(=O)n1-c1cccc([N+](=O)[O-])c1. The molecule has 0 unspecified atom stereocenters. The van der Waals surface area contributed by atoms with Gasteiger partial charge in [0.25, 0.3) is 11.2 Å². The zero-order chi connectivity index (χ0) is 15.9. The first-order valence-electron chi connectivity index (χ1n) is 6.07. The van der Waals surface area contributed by atoms with Gasteiger partial charge in [-0.2, -0.15) is 0 Å². The van der Waals surface area contributed by atoms with Gasteiger partial charge in [0.2, 0.25) is 0 Å². The van der Waals surface area contributed by atoms with Crippen LogP contribution >= 0.6 is 11.6 Å². The molecule has 0 radical (unpaired) electrons. The van der Waals surface area contributed by atoms with E-state index in [2.05, 4.69) is 0 Å². The normalized spacial score (nSPS) is 10.8. The Hall–Kier alpha value is -2.93. The minimum Gasteiger partial charge on any atom is -0.409 e. The molecule has 22 heavy (non-hydrogen) atoms. The molecule has 0 spiro atoms. The molecule has 2 aromatic carbocycles. The standard InChI is InChI=1S/C14H7ClN2O5/c15-8-4-5-12-11(6-8)13(18)16(14(19)22-12)9-2-1-3-10(7-9)17(20)21/h1-7H. The van der Waals surface area contributed by atoms with Crippen LogP contribution in [0.1, 0.15) is 0 Å². The number of aromatic nitrogens is 1. The summed E-state index contributed by atoms with van der Waals surface area (Å²) in [4.78, 5) is 34.7. The quantitative estimate of drug-likeness (QED) is 0.534. The van der Waals surface area contributed by atoms with Crippen LogP contribution < -0.4 is 11.3 Å². The summed E-state index contributed by atoms with van der Waals surface area (Å²) in [6.07, 6.45) is 0. The second-order valence-corrected chi connectivity index (χ2v) is 4.86. The molecule has 0 fully saturated rings. The molecule has 0 atom stereocenters. The first-order valence-corrected chi connectivity index (χ1v) is 6.45. The van der Waals surface area contributed by atoms with Crippen molar-refractivity contribution in [3.63, 3.8) is 0 Å². The third-order valence-corrected chi connectivity index (χ3v) is 3.29. The Kier molecular flexibility index (Phi) is 3.26. The maximum Gasteiger partial charge on any atom is 0.426 e. The molecule has 1 aromatic heterocycles. The van der Waals surface area contributed by atoms with Gasteiger partial charge < -0.3 is 4.42 Å². The lowest BCUT2D eigenvalue weighted by Crippen LogP contribution is -2.30. The van der Waals surface area contributed by atoms with E-state index in [1.54, 1.807) is 0 Å². The third kappa shape index (κ3) is 2.27. The number of rotatable bonds is 2. The molecule has 1 heterocycles. The van der Waals surface area contributed by atoms with E-state index in [0.29, 0.717) is 5.02 Å². The fourth-order valence-electron chi connectivity index (χ4n) is 2.07. The molecule has 0 aliphatic carbocycles. The average molecular weight is 319 g/mol. The number of hydrogen-bond acceptors (Lipinski definition) is 5. The lowest BCUT2D eigenvalue weighted by atomic mass is 10.2. The van der Waals surface area contributed by atoms with Gasteiger partial charge in [-0.3, -0.25) is 14.9 Å². The summed E-state index contributed by atoms with van der Waals surface area (Å²) in [5, 5.41) is 11.2. The van der Waals surface area contributed by atoms with E-state index in [0.717, 1.165) is 10.6 Å². The van der Waals surface area contributed by atoms with Crippen LogP contribution in [-0.4, -0.2) is 9.49 Å². The summed E-state index contributed by atoms with van der Waals surface area (Å²) >= 11 is 5.84. The van der Waals surface area contributed by atoms with Crippen molar-refractivity contribution in [3.05, 3.63) is 78.5 Å². The molecule has 7 nitrogen and oxygen atoms in total. The number of nitro benzene ring substituents is 1.